The molecule has 0 unspecified atom stereocenters. The van der Waals surface area contributed by atoms with Gasteiger partial charge in [-0.1, -0.05) is 0 Å². The molecule has 0 aromatic heterocycles. The normalized spacial score (nSPS) is 20.5. The van der Waals surface area contributed by atoms with E-state index >= 15 is 0 Å². The first-order valence-electron chi connectivity index (χ1n) is 7.13. The number of hydrogen-bond acceptors (Lipinski definition) is 3. The van der Waals surface area contributed by atoms with Gasteiger partial charge in [-0.15, -0.1) is 0 Å². The molecular formula is C15H20F3NO2. The molecule has 0 radical (unpaired) electrons. The molecule has 118 valence electrons. The Hall–Kier alpha value is -1.27. The van der Waals surface area contributed by atoms with E-state index in [1.807, 2.05) is 6.92 Å². The first kappa shape index (κ1) is 16.1. The Morgan fingerprint density at radius 2 is 2.00 bits per heavy atom. The number of halogens is 3. The van der Waals surface area contributed by atoms with Crippen LogP contribution in [0.15, 0.2) is 24.3 Å². The van der Waals surface area contributed by atoms with Gasteiger partial charge in [-0.3, -0.25) is 0 Å². The van der Waals surface area contributed by atoms with Gasteiger partial charge in [0.1, 0.15) is 11.9 Å². The molecule has 0 bridgehead atoms. The molecule has 1 heterocycles. The second-order valence-electron chi connectivity index (χ2n) is 5.09. The predicted octanol–water partition coefficient (Wildman–Crippen LogP) is 3.10. The van der Waals surface area contributed by atoms with Crippen LogP contribution in [0.1, 0.15) is 18.9 Å². The van der Waals surface area contributed by atoms with Crippen LogP contribution in [0.25, 0.3) is 0 Å². The van der Waals surface area contributed by atoms with Crippen LogP contribution in [0.2, 0.25) is 0 Å². The van der Waals surface area contributed by atoms with Crippen molar-refractivity contribution in [2.24, 2.45) is 5.92 Å². The number of ether oxygens (including phenoxy) is 2. The van der Waals surface area contributed by atoms with Crippen molar-refractivity contribution in [2.45, 2.75) is 25.6 Å². The van der Waals surface area contributed by atoms with Gasteiger partial charge in [0.05, 0.1) is 12.2 Å². The molecule has 0 saturated carbocycles. The Bertz CT molecular complexity index is 428. The van der Waals surface area contributed by atoms with E-state index in [0.717, 1.165) is 31.6 Å². The van der Waals surface area contributed by atoms with Gasteiger partial charge < -0.3 is 14.8 Å². The van der Waals surface area contributed by atoms with Gasteiger partial charge in [-0.25, -0.2) is 0 Å². The third kappa shape index (κ3) is 4.61. The average molecular weight is 303 g/mol. The molecule has 2 rings (SSSR count). The number of alkyl halides is 3. The number of benzene rings is 1. The lowest BCUT2D eigenvalue weighted by Crippen LogP contribution is -2.33. The first-order chi connectivity index (χ1) is 10.0. The van der Waals surface area contributed by atoms with Crippen LogP contribution in [-0.2, 0) is 10.9 Å². The summed E-state index contributed by atoms with van der Waals surface area (Å²) in [7, 11) is 0. The second-order valence-corrected chi connectivity index (χ2v) is 5.09. The molecule has 1 saturated heterocycles. The summed E-state index contributed by atoms with van der Waals surface area (Å²) >= 11 is 0. The van der Waals surface area contributed by atoms with E-state index in [4.69, 9.17) is 9.47 Å². The fourth-order valence-electron chi connectivity index (χ4n) is 2.39. The van der Waals surface area contributed by atoms with Crippen molar-refractivity contribution in [2.75, 3.05) is 26.3 Å². The zero-order valence-corrected chi connectivity index (χ0v) is 12.0. The van der Waals surface area contributed by atoms with Crippen LogP contribution < -0.4 is 10.1 Å². The van der Waals surface area contributed by atoms with E-state index in [-0.39, 0.29) is 6.10 Å². The fourth-order valence-corrected chi connectivity index (χ4v) is 2.39. The molecule has 1 fully saturated rings. The van der Waals surface area contributed by atoms with Gasteiger partial charge in [0, 0.05) is 19.1 Å². The summed E-state index contributed by atoms with van der Waals surface area (Å²) in [4.78, 5) is 0. The Labute approximate surface area is 122 Å². The molecule has 1 aromatic rings. The van der Waals surface area contributed by atoms with E-state index in [0.29, 0.717) is 24.9 Å². The van der Waals surface area contributed by atoms with Crippen molar-refractivity contribution in [1.82, 2.24) is 5.32 Å². The highest BCUT2D eigenvalue weighted by atomic mass is 19.4. The van der Waals surface area contributed by atoms with Gasteiger partial charge in [-0.2, -0.15) is 13.2 Å². The van der Waals surface area contributed by atoms with Crippen molar-refractivity contribution >= 4 is 0 Å². The van der Waals surface area contributed by atoms with Crippen molar-refractivity contribution in [1.29, 1.82) is 0 Å². The second kappa shape index (κ2) is 7.13. The summed E-state index contributed by atoms with van der Waals surface area (Å²) in [6.07, 6.45) is -3.48. The zero-order valence-electron chi connectivity index (χ0n) is 12.0. The van der Waals surface area contributed by atoms with Gasteiger partial charge in [-0.05, 0) is 44.2 Å². The SMILES string of the molecule is CCOC[C@H](Oc1ccc(C(F)(F)F)cc1)[C@H]1CCNC1. The molecule has 1 aromatic carbocycles. The largest absolute Gasteiger partial charge is 0.488 e. The van der Waals surface area contributed by atoms with Crippen LogP contribution in [0.5, 0.6) is 5.75 Å². The highest BCUT2D eigenvalue weighted by Crippen LogP contribution is 2.31. The molecule has 6 heteroatoms. The highest BCUT2D eigenvalue weighted by molar-refractivity contribution is 5.29. The quantitative estimate of drug-likeness (QED) is 0.876. The maximum atomic E-state index is 12.5. The van der Waals surface area contributed by atoms with E-state index in [1.54, 1.807) is 0 Å². The van der Waals surface area contributed by atoms with E-state index in [2.05, 4.69) is 5.32 Å². The first-order valence-corrected chi connectivity index (χ1v) is 7.13. The van der Waals surface area contributed by atoms with Crippen molar-refractivity contribution in [3.63, 3.8) is 0 Å². The minimum Gasteiger partial charge on any atom is -0.488 e. The molecule has 1 aliphatic heterocycles. The molecule has 0 spiro atoms. The fraction of sp³-hybridized carbons (Fsp3) is 0.600. The van der Waals surface area contributed by atoms with E-state index in [1.165, 1.54) is 12.1 Å². The van der Waals surface area contributed by atoms with Crippen molar-refractivity contribution in [3.8, 4) is 5.75 Å². The van der Waals surface area contributed by atoms with Crippen molar-refractivity contribution < 1.29 is 22.6 Å². The minimum atomic E-state index is -4.32. The summed E-state index contributed by atoms with van der Waals surface area (Å²) in [6, 6.07) is 4.81. The number of nitrogens with one attached hydrogen (secondary N) is 1. The van der Waals surface area contributed by atoms with Crippen LogP contribution in [0.3, 0.4) is 0 Å². The average Bonchev–Trinajstić information content (AvgIpc) is 2.97. The topological polar surface area (TPSA) is 30.5 Å². The smallest absolute Gasteiger partial charge is 0.416 e. The lowest BCUT2D eigenvalue weighted by molar-refractivity contribution is -0.137. The molecule has 0 aliphatic carbocycles. The summed E-state index contributed by atoms with van der Waals surface area (Å²) in [5.41, 5.74) is -0.668. The standard InChI is InChI=1S/C15H20F3NO2/c1-2-20-10-14(11-7-8-19-9-11)21-13-5-3-12(4-6-13)15(16,17)18/h3-6,11,14,19H,2,7-10H2,1H3/t11-,14-/m0/s1. The lowest BCUT2D eigenvalue weighted by Gasteiger charge is -2.24. The van der Waals surface area contributed by atoms with Crippen LogP contribution >= 0.6 is 0 Å². The predicted molar refractivity (Wildman–Crippen MR) is 73.3 cm³/mol. The molecule has 3 nitrogen and oxygen atoms in total. The van der Waals surface area contributed by atoms with Gasteiger partial charge >= 0.3 is 6.18 Å². The van der Waals surface area contributed by atoms with Crippen LogP contribution in [-0.4, -0.2) is 32.4 Å². The van der Waals surface area contributed by atoms with Crippen molar-refractivity contribution in [3.05, 3.63) is 29.8 Å². The highest BCUT2D eigenvalue weighted by Gasteiger charge is 2.31. The van der Waals surface area contributed by atoms with Gasteiger partial charge in [0.15, 0.2) is 0 Å². The molecular weight excluding hydrogens is 283 g/mol. The van der Waals surface area contributed by atoms with Crippen LogP contribution in [0.4, 0.5) is 13.2 Å². The number of hydrogen-bond donors (Lipinski definition) is 1. The molecule has 21 heavy (non-hydrogen) atoms. The van der Waals surface area contributed by atoms with Gasteiger partial charge in [0.2, 0.25) is 0 Å². The summed E-state index contributed by atoms with van der Waals surface area (Å²) < 4.78 is 48.8. The molecule has 2 atom stereocenters. The molecule has 1 N–H and O–H groups in total. The summed E-state index contributed by atoms with van der Waals surface area (Å²) in [6.45, 7) is 4.72. The van der Waals surface area contributed by atoms with Gasteiger partial charge in [0.25, 0.3) is 0 Å². The van der Waals surface area contributed by atoms with E-state index < -0.39 is 11.7 Å². The third-order valence-electron chi connectivity index (χ3n) is 3.58. The Morgan fingerprint density at radius 3 is 2.52 bits per heavy atom. The monoisotopic (exact) mass is 303 g/mol. The Kier molecular flexibility index (Phi) is 5.47. The maximum absolute atomic E-state index is 12.5. The number of rotatable bonds is 6. The van der Waals surface area contributed by atoms with Crippen LogP contribution in [0, 0.1) is 5.92 Å². The Morgan fingerprint density at radius 1 is 1.29 bits per heavy atom. The summed E-state index contributed by atoms with van der Waals surface area (Å²) in [5.74, 6) is 0.762. The maximum Gasteiger partial charge on any atom is 0.416 e. The van der Waals surface area contributed by atoms with E-state index in [9.17, 15) is 13.2 Å². The summed E-state index contributed by atoms with van der Waals surface area (Å²) in [5, 5.41) is 3.26. The third-order valence-corrected chi connectivity index (χ3v) is 3.58. The zero-order chi connectivity index (χ0) is 15.3. The Balaban J connectivity index is 2.01. The lowest BCUT2D eigenvalue weighted by atomic mass is 10.0. The minimum absolute atomic E-state index is 0.142. The molecule has 0 amide bonds. The molecule has 1 aliphatic rings.